The molecular weight excluding hydrogens is 704 g/mol. The van der Waals surface area contributed by atoms with Crippen LogP contribution in [0.25, 0.3) is 22.3 Å². The summed E-state index contributed by atoms with van der Waals surface area (Å²) in [5.41, 5.74) is 7.40. The Morgan fingerprint density at radius 2 is 1.70 bits per heavy atom. The summed E-state index contributed by atoms with van der Waals surface area (Å²) in [5.74, 6) is -0.428. The molecule has 3 aromatic rings. The minimum absolute atomic E-state index is 0.00615. The van der Waals surface area contributed by atoms with Crippen LogP contribution in [-0.2, 0) is 4.79 Å². The topological polar surface area (TPSA) is 121 Å². The molecule has 0 spiro atoms. The van der Waals surface area contributed by atoms with E-state index in [0.717, 1.165) is 5.71 Å². The van der Waals surface area contributed by atoms with E-state index in [1.807, 2.05) is 45.6 Å². The van der Waals surface area contributed by atoms with Gasteiger partial charge in [-0.15, -0.1) is 0 Å². The second kappa shape index (κ2) is 13.3. The van der Waals surface area contributed by atoms with Crippen molar-refractivity contribution in [2.75, 3.05) is 23.7 Å². The number of carbonyl (C=O) groups excluding carboxylic acids is 1. The van der Waals surface area contributed by atoms with Crippen LogP contribution in [0.5, 0.6) is 0 Å². The largest absolute Gasteiger partial charge is 0.397 e. The summed E-state index contributed by atoms with van der Waals surface area (Å²) in [7, 11) is 0. The Kier molecular flexibility index (Phi) is 9.94. The van der Waals surface area contributed by atoms with Crippen LogP contribution in [0.2, 0.25) is 25.1 Å². The van der Waals surface area contributed by atoms with Crippen molar-refractivity contribution in [3.05, 3.63) is 72.0 Å². The number of anilines is 2. The molecule has 1 saturated heterocycles. The fourth-order valence-corrected chi connectivity index (χ4v) is 7.85. The number of fused-ring (bicyclic) bond motifs is 1. The molecule has 0 aliphatic carbocycles. The number of benzene rings is 1. The van der Waals surface area contributed by atoms with Gasteiger partial charge in [-0.3, -0.25) is 19.1 Å². The van der Waals surface area contributed by atoms with Crippen molar-refractivity contribution in [1.82, 2.24) is 14.5 Å². The van der Waals surface area contributed by atoms with E-state index in [2.05, 4.69) is 17.6 Å². The van der Waals surface area contributed by atoms with Gasteiger partial charge in [0.15, 0.2) is 0 Å². The Balaban J connectivity index is 1.91. The fraction of sp³-hybridized carbons (Fsp3) is 0.364. The van der Waals surface area contributed by atoms with Crippen molar-refractivity contribution in [1.29, 1.82) is 5.26 Å². The highest BCUT2D eigenvalue weighted by molar-refractivity contribution is 6.54. The van der Waals surface area contributed by atoms with Crippen molar-refractivity contribution in [2.45, 2.75) is 52.7 Å². The second-order valence-electron chi connectivity index (χ2n) is 12.2. The summed E-state index contributed by atoms with van der Waals surface area (Å²) in [6.45, 7) is 14.1. The summed E-state index contributed by atoms with van der Waals surface area (Å²) in [5, 5.41) is 11.1. The first-order valence-corrected chi connectivity index (χ1v) is 16.8. The number of hydrogen-bond donors (Lipinski definition) is 1. The van der Waals surface area contributed by atoms with Crippen LogP contribution < -0.4 is 16.2 Å². The Bertz CT molecular complexity index is 1960. The smallest absolute Gasteiger partial charge is 0.272 e. The van der Waals surface area contributed by atoms with Crippen LogP contribution in [0.15, 0.2) is 40.8 Å². The maximum absolute atomic E-state index is 14.7. The minimum atomic E-state index is -0.581. The van der Waals surface area contributed by atoms with Gasteiger partial charge in [0.05, 0.1) is 48.2 Å². The standard InChI is InChI=1S/C33H32Cl5N7O2/c1-7-21(46)44-16(5)12-43(13-17(44)6)31-18-10-20(34)29(22-23(35)24(36)25(37)26(38)27(22)40)42-32(18)45(33(47)19(31)11-39)30-15(4)8-9-41-28(30)14(2)3/h7-10,14-17,30H,1,12-13,40H2,2-6H3/t15-,16-,17+,30?/m1/s1. The molecule has 1 amide bonds. The lowest BCUT2D eigenvalue weighted by atomic mass is 9.88. The van der Waals surface area contributed by atoms with Crippen LogP contribution in [0.1, 0.15) is 46.2 Å². The average Bonchev–Trinajstić information content (AvgIpc) is 3.02. The molecule has 0 radical (unpaired) electrons. The summed E-state index contributed by atoms with van der Waals surface area (Å²) < 4.78 is 1.51. The van der Waals surface area contributed by atoms with E-state index in [1.54, 1.807) is 17.2 Å². The molecular formula is C33H32Cl5N7O2. The number of nitriles is 1. The Hall–Kier alpha value is -3.26. The third kappa shape index (κ3) is 5.78. The number of pyridine rings is 2. The van der Waals surface area contributed by atoms with E-state index in [0.29, 0.717) is 24.2 Å². The van der Waals surface area contributed by atoms with Crippen LogP contribution in [0.4, 0.5) is 11.4 Å². The monoisotopic (exact) mass is 733 g/mol. The zero-order valence-corrected chi connectivity index (χ0v) is 30.1. The number of allylic oxidation sites excluding steroid dienone is 1. The summed E-state index contributed by atoms with van der Waals surface area (Å²) in [6.07, 6.45) is 4.91. The van der Waals surface area contributed by atoms with E-state index in [4.69, 9.17) is 68.7 Å². The van der Waals surface area contributed by atoms with E-state index < -0.39 is 11.6 Å². The zero-order chi connectivity index (χ0) is 34.6. The number of aromatic nitrogens is 2. The van der Waals surface area contributed by atoms with Gasteiger partial charge in [-0.1, -0.05) is 91.4 Å². The van der Waals surface area contributed by atoms with Gasteiger partial charge < -0.3 is 15.5 Å². The van der Waals surface area contributed by atoms with Crippen LogP contribution in [0, 0.1) is 23.2 Å². The predicted octanol–water partition coefficient (Wildman–Crippen LogP) is 8.20. The zero-order valence-electron chi connectivity index (χ0n) is 26.3. The molecule has 47 heavy (non-hydrogen) atoms. The van der Waals surface area contributed by atoms with Gasteiger partial charge in [-0.25, -0.2) is 4.98 Å². The molecule has 5 rings (SSSR count). The molecule has 2 N–H and O–H groups in total. The van der Waals surface area contributed by atoms with Crippen molar-refractivity contribution in [2.24, 2.45) is 16.8 Å². The lowest BCUT2D eigenvalue weighted by molar-refractivity contribution is -0.130. The molecule has 4 heterocycles. The number of amides is 1. The molecule has 0 bridgehead atoms. The Morgan fingerprint density at radius 1 is 1.09 bits per heavy atom. The van der Waals surface area contributed by atoms with E-state index in [-0.39, 0.29) is 83.1 Å². The van der Waals surface area contributed by atoms with E-state index in [9.17, 15) is 14.9 Å². The quantitative estimate of drug-likeness (QED) is 0.122. The molecule has 2 aliphatic rings. The molecule has 1 unspecified atom stereocenters. The van der Waals surface area contributed by atoms with Crippen LogP contribution in [-0.4, -0.2) is 51.2 Å². The number of piperazine rings is 1. The van der Waals surface area contributed by atoms with E-state index >= 15 is 0 Å². The van der Waals surface area contributed by atoms with Crippen LogP contribution >= 0.6 is 58.0 Å². The number of nitrogen functional groups attached to an aromatic ring is 1. The molecule has 4 atom stereocenters. The molecule has 246 valence electrons. The lowest BCUT2D eigenvalue weighted by Crippen LogP contribution is -2.58. The molecule has 1 aromatic carbocycles. The first kappa shape index (κ1) is 35.1. The van der Waals surface area contributed by atoms with Crippen molar-refractivity contribution < 1.29 is 4.79 Å². The van der Waals surface area contributed by atoms with Gasteiger partial charge in [0.2, 0.25) is 5.91 Å². The first-order valence-electron chi connectivity index (χ1n) is 14.9. The van der Waals surface area contributed by atoms with Gasteiger partial charge >= 0.3 is 0 Å². The SMILES string of the molecule is C=CC(=O)N1[C@H](C)CN(c2c(C#N)c(=O)n(C3C(C(C)C)=NC=C[C@H]3C)c3nc(-c4c(N)c(Cl)c(Cl)c(Cl)c4Cl)c(Cl)cc23)C[C@@H]1C. The van der Waals surface area contributed by atoms with Crippen LogP contribution in [0.3, 0.4) is 0 Å². The third-order valence-corrected chi connectivity index (χ3v) is 10.8. The first-order chi connectivity index (χ1) is 22.2. The lowest BCUT2D eigenvalue weighted by Gasteiger charge is -2.45. The van der Waals surface area contributed by atoms with Crippen molar-refractivity contribution >= 4 is 92.0 Å². The molecule has 2 aliphatic heterocycles. The number of rotatable bonds is 5. The number of nitrogens with zero attached hydrogens (tertiary/aromatic N) is 6. The summed E-state index contributed by atoms with van der Waals surface area (Å²) in [4.78, 5) is 40.7. The maximum Gasteiger partial charge on any atom is 0.272 e. The second-order valence-corrected chi connectivity index (χ2v) is 14.1. The normalized spacial score (nSPS) is 21.3. The highest BCUT2D eigenvalue weighted by Crippen LogP contribution is 2.49. The van der Waals surface area contributed by atoms with Gasteiger partial charge in [0.1, 0.15) is 17.3 Å². The van der Waals surface area contributed by atoms with Crippen molar-refractivity contribution in [3.8, 4) is 17.3 Å². The predicted molar refractivity (Wildman–Crippen MR) is 193 cm³/mol. The number of aliphatic imine (C=N–C) groups is 1. The van der Waals surface area contributed by atoms with Gasteiger partial charge in [-0.05, 0) is 31.9 Å². The highest BCUT2D eigenvalue weighted by Gasteiger charge is 2.37. The number of nitrogens with two attached hydrogens (primary N) is 1. The minimum Gasteiger partial charge on any atom is -0.397 e. The number of halogens is 5. The van der Waals surface area contributed by atoms with E-state index in [1.165, 1.54) is 10.6 Å². The van der Waals surface area contributed by atoms with Gasteiger partial charge in [0.25, 0.3) is 5.56 Å². The van der Waals surface area contributed by atoms with Gasteiger partial charge in [-0.2, -0.15) is 5.26 Å². The fourth-order valence-electron chi connectivity index (χ4n) is 6.65. The summed E-state index contributed by atoms with van der Waals surface area (Å²) in [6, 6.07) is 2.71. The Morgan fingerprint density at radius 3 is 2.28 bits per heavy atom. The number of hydrogen-bond acceptors (Lipinski definition) is 7. The maximum atomic E-state index is 14.7. The molecule has 9 nitrogen and oxygen atoms in total. The Labute approximate surface area is 297 Å². The average molecular weight is 736 g/mol. The molecule has 1 fully saturated rings. The van der Waals surface area contributed by atoms with Crippen molar-refractivity contribution in [3.63, 3.8) is 0 Å². The van der Waals surface area contributed by atoms with Gasteiger partial charge in [0, 0.05) is 54.0 Å². The molecule has 14 heteroatoms. The molecule has 0 saturated carbocycles. The summed E-state index contributed by atoms with van der Waals surface area (Å²) >= 11 is 32.8. The highest BCUT2D eigenvalue weighted by atomic mass is 35.5. The molecule has 2 aromatic heterocycles. The third-order valence-electron chi connectivity index (χ3n) is 8.71. The number of carbonyl (C=O) groups is 1.